The van der Waals surface area contributed by atoms with Crippen LogP contribution in [0, 0.1) is 19.9 Å². The first-order valence-corrected chi connectivity index (χ1v) is 16.2. The molecule has 0 fully saturated rings. The molecule has 0 unspecified atom stereocenters. The molecule has 0 spiro atoms. The zero-order chi connectivity index (χ0) is 25.7. The average Bonchev–Trinajstić information content (AvgIpc) is 2.69. The summed E-state index contributed by atoms with van der Waals surface area (Å²) in [6.07, 6.45) is 16.0. The molecule has 0 atom stereocenters. The fraction of sp³-hybridized carbons (Fsp3) is 0.636. The van der Waals surface area contributed by atoms with E-state index < -0.39 is 13.4 Å². The summed E-state index contributed by atoms with van der Waals surface area (Å²) in [7, 11) is 0. The van der Waals surface area contributed by atoms with E-state index in [4.69, 9.17) is 29.4 Å². The molecule has 0 aromatic heterocycles. The van der Waals surface area contributed by atoms with E-state index >= 15 is 0 Å². The summed E-state index contributed by atoms with van der Waals surface area (Å²) >= 11 is 7.21. The second kappa shape index (κ2) is 35.1. The van der Waals surface area contributed by atoms with Crippen molar-refractivity contribution in [3.05, 3.63) is 50.2 Å². The van der Waals surface area contributed by atoms with Crippen LogP contribution in [0.5, 0.6) is 0 Å². The van der Waals surface area contributed by atoms with Crippen LogP contribution in [0.15, 0.2) is 30.3 Å². The summed E-state index contributed by atoms with van der Waals surface area (Å²) in [6.45, 7) is 4.44. The summed E-state index contributed by atoms with van der Waals surface area (Å²) in [6, 6.07) is 12.5. The van der Waals surface area contributed by atoms with Crippen LogP contribution >= 0.6 is 13.4 Å². The molecule has 0 amide bonds. The van der Waals surface area contributed by atoms with E-state index in [0.29, 0.717) is 0 Å². The van der Waals surface area contributed by atoms with E-state index in [-0.39, 0.29) is 21.1 Å². The molecule has 11 heteroatoms. The number of unbranched alkanes of at least 4 members (excludes halogenated alkanes) is 10. The average molecular weight is 628 g/mol. The largest absolute Gasteiger partial charge is 3.00 e. The Labute approximate surface area is 227 Å². The molecule has 33 heavy (non-hydrogen) atoms. The minimum absolute atomic E-state index is 0. The third kappa shape index (κ3) is 110. The van der Waals surface area contributed by atoms with Gasteiger partial charge in [-0.3, -0.25) is 0 Å². The molecule has 1 aromatic rings. The molecule has 1 aromatic carbocycles. The van der Waals surface area contributed by atoms with Crippen molar-refractivity contribution < 1.29 is 50.4 Å². The fourth-order valence-corrected chi connectivity index (χ4v) is 1.90. The van der Waals surface area contributed by atoms with E-state index in [1.807, 2.05) is 30.3 Å². The van der Waals surface area contributed by atoms with E-state index in [0.717, 1.165) is 12.8 Å². The van der Waals surface area contributed by atoms with Crippen LogP contribution in [-0.4, -0.2) is 29.4 Å². The monoisotopic (exact) mass is 629 g/mol. The minimum atomic E-state index is -3.81. The van der Waals surface area contributed by atoms with Gasteiger partial charge in [0.15, 0.2) is 0 Å². The number of benzene rings is 1. The van der Waals surface area contributed by atoms with Crippen molar-refractivity contribution in [1.82, 2.24) is 0 Å². The maximum atomic E-state index is 7.56. The smallest absolute Gasteiger partial charge is 0.343 e. The van der Waals surface area contributed by atoms with Crippen LogP contribution in [0.3, 0.4) is 0 Å². The molecule has 6 N–H and O–H groups in total. The van der Waals surface area contributed by atoms with Crippen molar-refractivity contribution in [2.24, 2.45) is 0 Å². The first-order valence-electron chi connectivity index (χ1n) is 10.9. The van der Waals surface area contributed by atoms with Crippen molar-refractivity contribution >= 4 is 37.1 Å². The van der Waals surface area contributed by atoms with Crippen LogP contribution in [0.1, 0.15) is 90.9 Å². The van der Waals surface area contributed by atoms with Gasteiger partial charge in [0.25, 0.3) is 0 Å². The molecule has 0 saturated carbocycles. The Hall–Kier alpha value is 0.968. The van der Waals surface area contributed by atoms with Gasteiger partial charge in [0, 0.05) is 0 Å². The normalized spacial score (nSPS) is 9.76. The van der Waals surface area contributed by atoms with Crippen molar-refractivity contribution in [2.45, 2.75) is 90.9 Å². The van der Waals surface area contributed by atoms with E-state index in [2.05, 4.69) is 57.4 Å². The Morgan fingerprint density at radius 1 is 0.606 bits per heavy atom. The predicted octanol–water partition coefficient (Wildman–Crippen LogP) is 6.22. The topological polar surface area (TPSA) is 121 Å². The molecular weight excluding hydrogens is 582 g/mol. The number of hydrogen-bond acceptors (Lipinski definition) is 2. The summed E-state index contributed by atoms with van der Waals surface area (Å²) in [4.78, 5) is 45.3. The quantitative estimate of drug-likeness (QED) is 0.0783. The van der Waals surface area contributed by atoms with E-state index in [1.54, 1.807) is 0 Å². The minimum Gasteiger partial charge on any atom is -0.343 e. The Balaban J connectivity index is -0.0000000997. The molecule has 0 saturated heterocycles. The van der Waals surface area contributed by atoms with Gasteiger partial charge in [-0.25, -0.2) is 0 Å². The molecule has 0 bridgehead atoms. The summed E-state index contributed by atoms with van der Waals surface area (Å²) in [5, 5.41) is 0. The third-order valence-electron chi connectivity index (χ3n) is 3.31. The molecule has 197 valence electrons. The summed E-state index contributed by atoms with van der Waals surface area (Å²) in [5.41, 5.74) is 0. The number of hydrogen-bond donors (Lipinski definition) is 6. The van der Waals surface area contributed by atoms with Crippen molar-refractivity contribution in [3.63, 3.8) is 0 Å². The van der Waals surface area contributed by atoms with Crippen LogP contribution in [-0.2, 0) is 44.7 Å². The molecule has 6 nitrogen and oxygen atoms in total. The van der Waals surface area contributed by atoms with Gasteiger partial charge in [-0.2, -0.15) is 49.2 Å². The molecular formula is C22H45MoO6P2S2. The predicted molar refractivity (Wildman–Crippen MR) is 145 cm³/mol. The van der Waals surface area contributed by atoms with Crippen molar-refractivity contribution in [3.8, 4) is 0 Å². The van der Waals surface area contributed by atoms with E-state index in [9.17, 15) is 0 Å². The SMILES string of the molecule is OP(O)(O)=S.OP(O)(O)=S.[CH2-]CCCCCCC.[CH2-]CCCCCCC.[Mo+3].[c-]1ccccc1. The second-order valence-electron chi connectivity index (χ2n) is 6.64. The van der Waals surface area contributed by atoms with Crippen LogP contribution in [0.4, 0.5) is 0 Å². The van der Waals surface area contributed by atoms with Crippen LogP contribution < -0.4 is 0 Å². The maximum Gasteiger partial charge on any atom is 3.00 e. The first-order chi connectivity index (χ1) is 14.8. The molecule has 0 heterocycles. The van der Waals surface area contributed by atoms with Gasteiger partial charge in [-0.1, -0.05) is 78.1 Å². The summed E-state index contributed by atoms with van der Waals surface area (Å²) < 4.78 is 0. The van der Waals surface area contributed by atoms with E-state index in [1.165, 1.54) is 64.2 Å². The molecule has 1 radical (unpaired) electrons. The Bertz CT molecular complexity index is 444. The Morgan fingerprint density at radius 2 is 0.879 bits per heavy atom. The van der Waals surface area contributed by atoms with Gasteiger partial charge in [0.1, 0.15) is 0 Å². The Kier molecular flexibility index (Phi) is 46.8. The van der Waals surface area contributed by atoms with Crippen molar-refractivity contribution in [1.29, 1.82) is 0 Å². The van der Waals surface area contributed by atoms with Gasteiger partial charge in [0.2, 0.25) is 0 Å². The van der Waals surface area contributed by atoms with Crippen LogP contribution in [0.2, 0.25) is 0 Å². The first kappa shape index (κ1) is 44.0. The maximum absolute atomic E-state index is 7.56. The second-order valence-corrected chi connectivity index (χ2v) is 11.6. The van der Waals surface area contributed by atoms with Gasteiger partial charge in [-0.15, -0.1) is 0 Å². The van der Waals surface area contributed by atoms with Gasteiger partial charge >= 0.3 is 34.5 Å². The fourth-order valence-electron chi connectivity index (χ4n) is 1.90. The third-order valence-corrected chi connectivity index (χ3v) is 3.31. The van der Waals surface area contributed by atoms with Gasteiger partial charge in [-0.05, 0) is 23.6 Å². The molecule has 0 aliphatic carbocycles. The molecule has 0 aliphatic heterocycles. The Morgan fingerprint density at radius 3 is 1.03 bits per heavy atom. The molecule has 1 rings (SSSR count). The zero-order valence-corrected chi connectivity index (χ0v) is 25.5. The number of rotatable bonds is 10. The van der Waals surface area contributed by atoms with Crippen LogP contribution in [0.25, 0.3) is 0 Å². The zero-order valence-electron chi connectivity index (χ0n) is 20.1. The molecule has 0 aliphatic rings. The standard InChI is InChI=1S/2C8H17.C6H5.Mo.2H3O3PS/c2*1-3-5-7-8-6-4-2;1-2-4-6-5-3-1;;2*1-4(2,3)5/h2*1,3-8H2,2H3;1-5H;;2*(H3,1,2,3,5)/q3*-1;+3;;. The summed E-state index contributed by atoms with van der Waals surface area (Å²) in [5.74, 6) is 0. The van der Waals surface area contributed by atoms with Gasteiger partial charge < -0.3 is 43.2 Å². The van der Waals surface area contributed by atoms with Crippen molar-refractivity contribution in [2.75, 3.05) is 0 Å². The van der Waals surface area contributed by atoms with Gasteiger partial charge in [0.05, 0.1) is 0 Å².